The Bertz CT molecular complexity index is 616. The zero-order valence-corrected chi connectivity index (χ0v) is 11.0. The maximum atomic E-state index is 12.1. The summed E-state index contributed by atoms with van der Waals surface area (Å²) in [6.07, 6.45) is -2.58. The summed E-state index contributed by atoms with van der Waals surface area (Å²) in [6.45, 7) is 1.95. The number of alkyl halides is 2. The maximum Gasteiger partial charge on any atom is 0.270 e. The molecular weight excluding hydrogens is 264 g/mol. The lowest BCUT2D eigenvalue weighted by Crippen LogP contribution is -2.29. The van der Waals surface area contributed by atoms with Crippen LogP contribution in [0.15, 0.2) is 30.3 Å². The first kappa shape index (κ1) is 14.2. The molecule has 0 saturated carbocycles. The summed E-state index contributed by atoms with van der Waals surface area (Å²) in [5.74, 6) is -0.602. The lowest BCUT2D eigenvalue weighted by Gasteiger charge is -2.10. The van der Waals surface area contributed by atoms with E-state index in [0.717, 1.165) is 11.1 Å². The van der Waals surface area contributed by atoms with E-state index in [1.165, 1.54) is 0 Å². The van der Waals surface area contributed by atoms with Crippen LogP contribution in [0.25, 0.3) is 10.9 Å². The minimum atomic E-state index is -2.58. The van der Waals surface area contributed by atoms with Gasteiger partial charge >= 0.3 is 0 Å². The minimum Gasteiger partial charge on any atom is -0.385 e. The molecule has 0 unspecified atom stereocenters. The number of anilines is 1. The first-order valence-corrected chi connectivity index (χ1v) is 6.31. The summed E-state index contributed by atoms with van der Waals surface area (Å²) in [5, 5.41) is 6.18. The number of amides is 1. The summed E-state index contributed by atoms with van der Waals surface area (Å²) in [7, 11) is 0. The van der Waals surface area contributed by atoms with E-state index < -0.39 is 18.9 Å². The van der Waals surface area contributed by atoms with Gasteiger partial charge in [-0.1, -0.05) is 18.2 Å². The topological polar surface area (TPSA) is 54.0 Å². The Morgan fingerprint density at radius 3 is 2.80 bits per heavy atom. The van der Waals surface area contributed by atoms with Crippen LogP contribution in [0.1, 0.15) is 17.4 Å². The van der Waals surface area contributed by atoms with E-state index in [9.17, 15) is 13.6 Å². The van der Waals surface area contributed by atoms with Crippen molar-refractivity contribution in [1.29, 1.82) is 0 Å². The molecule has 4 nitrogen and oxygen atoms in total. The number of nitrogens with one attached hydrogen (secondary N) is 2. The molecule has 1 aromatic heterocycles. The average Bonchev–Trinajstić information content (AvgIpc) is 2.45. The van der Waals surface area contributed by atoms with Gasteiger partial charge in [-0.25, -0.2) is 13.8 Å². The van der Waals surface area contributed by atoms with Crippen molar-refractivity contribution in [2.24, 2.45) is 0 Å². The van der Waals surface area contributed by atoms with Crippen LogP contribution in [0.2, 0.25) is 0 Å². The number of nitrogens with zero attached hydrogens (tertiary/aromatic N) is 1. The second-order valence-corrected chi connectivity index (χ2v) is 4.20. The molecule has 0 atom stereocenters. The van der Waals surface area contributed by atoms with Crippen LogP contribution in [-0.2, 0) is 0 Å². The third-order valence-corrected chi connectivity index (χ3v) is 2.73. The Hall–Kier alpha value is -2.24. The lowest BCUT2D eigenvalue weighted by atomic mass is 10.1. The highest BCUT2D eigenvalue weighted by molar-refractivity contribution is 5.99. The molecule has 6 heteroatoms. The largest absolute Gasteiger partial charge is 0.385 e. The van der Waals surface area contributed by atoms with E-state index in [4.69, 9.17) is 0 Å². The van der Waals surface area contributed by atoms with Crippen LogP contribution in [0.4, 0.5) is 14.5 Å². The standard InChI is InChI=1S/C14H15F2N3O/c1-2-17-11-7-12(14(20)18-8-13(15)16)19-10-6-4-3-5-9(10)11/h3-7,13H,2,8H2,1H3,(H,17,19)(H,18,20). The molecule has 2 N–H and O–H groups in total. The van der Waals surface area contributed by atoms with Gasteiger partial charge in [-0.3, -0.25) is 4.79 Å². The van der Waals surface area contributed by atoms with Gasteiger partial charge < -0.3 is 10.6 Å². The van der Waals surface area contributed by atoms with Gasteiger partial charge in [0.2, 0.25) is 0 Å². The van der Waals surface area contributed by atoms with Gasteiger partial charge in [-0.15, -0.1) is 0 Å². The first-order valence-electron chi connectivity index (χ1n) is 6.31. The molecule has 1 amide bonds. The van der Waals surface area contributed by atoms with Gasteiger partial charge in [-0.05, 0) is 19.1 Å². The number of hydrogen-bond donors (Lipinski definition) is 2. The highest BCUT2D eigenvalue weighted by atomic mass is 19.3. The minimum absolute atomic E-state index is 0.125. The molecule has 106 valence electrons. The predicted octanol–water partition coefficient (Wildman–Crippen LogP) is 2.66. The van der Waals surface area contributed by atoms with Crippen molar-refractivity contribution in [2.45, 2.75) is 13.3 Å². The summed E-state index contributed by atoms with van der Waals surface area (Å²) in [4.78, 5) is 16.0. The van der Waals surface area contributed by atoms with Crippen molar-refractivity contribution < 1.29 is 13.6 Å². The Labute approximate surface area is 115 Å². The molecule has 0 aliphatic carbocycles. The van der Waals surface area contributed by atoms with E-state index >= 15 is 0 Å². The van der Waals surface area contributed by atoms with Gasteiger partial charge in [0.1, 0.15) is 5.69 Å². The fourth-order valence-corrected chi connectivity index (χ4v) is 1.89. The van der Waals surface area contributed by atoms with E-state index in [1.54, 1.807) is 12.1 Å². The zero-order valence-electron chi connectivity index (χ0n) is 11.0. The number of fused-ring (bicyclic) bond motifs is 1. The van der Waals surface area contributed by atoms with Gasteiger partial charge in [0.05, 0.1) is 12.1 Å². The molecule has 20 heavy (non-hydrogen) atoms. The number of halogens is 2. The monoisotopic (exact) mass is 279 g/mol. The van der Waals surface area contributed by atoms with Crippen molar-refractivity contribution in [3.63, 3.8) is 0 Å². The predicted molar refractivity (Wildman–Crippen MR) is 74.2 cm³/mol. The molecule has 1 aromatic carbocycles. The van der Waals surface area contributed by atoms with Gasteiger partial charge in [-0.2, -0.15) is 0 Å². The first-order chi connectivity index (χ1) is 9.61. The lowest BCUT2D eigenvalue weighted by molar-refractivity contribution is 0.0887. The molecule has 2 aromatic rings. The number of rotatable bonds is 5. The summed E-state index contributed by atoms with van der Waals surface area (Å²) in [6, 6.07) is 8.93. The Morgan fingerprint density at radius 2 is 2.10 bits per heavy atom. The van der Waals surface area contributed by atoms with Crippen molar-refractivity contribution >= 4 is 22.5 Å². The van der Waals surface area contributed by atoms with Crippen molar-refractivity contribution in [2.75, 3.05) is 18.4 Å². The molecule has 0 bridgehead atoms. The SMILES string of the molecule is CCNc1cc(C(=O)NCC(F)F)nc2ccccc12. The quantitative estimate of drug-likeness (QED) is 0.884. The average molecular weight is 279 g/mol. The smallest absolute Gasteiger partial charge is 0.270 e. The van der Waals surface area contributed by atoms with E-state index in [-0.39, 0.29) is 5.69 Å². The van der Waals surface area contributed by atoms with E-state index in [0.29, 0.717) is 12.1 Å². The van der Waals surface area contributed by atoms with Gasteiger partial charge in [0, 0.05) is 17.6 Å². The van der Waals surface area contributed by atoms with Crippen molar-refractivity contribution in [3.8, 4) is 0 Å². The van der Waals surface area contributed by atoms with Crippen LogP contribution in [0, 0.1) is 0 Å². The van der Waals surface area contributed by atoms with Crippen LogP contribution in [-0.4, -0.2) is 30.4 Å². The molecule has 0 radical (unpaired) electrons. The molecule has 2 rings (SSSR count). The van der Waals surface area contributed by atoms with Gasteiger partial charge in [0.15, 0.2) is 0 Å². The highest BCUT2D eigenvalue weighted by Gasteiger charge is 2.13. The molecule has 0 spiro atoms. The Morgan fingerprint density at radius 1 is 1.35 bits per heavy atom. The number of benzene rings is 1. The fourth-order valence-electron chi connectivity index (χ4n) is 1.89. The normalized spacial score (nSPS) is 10.8. The Balaban J connectivity index is 2.36. The molecule has 0 aliphatic rings. The zero-order chi connectivity index (χ0) is 14.5. The fraction of sp³-hybridized carbons (Fsp3) is 0.286. The van der Waals surface area contributed by atoms with Crippen LogP contribution < -0.4 is 10.6 Å². The molecule has 0 saturated heterocycles. The maximum absolute atomic E-state index is 12.1. The number of carbonyl (C=O) groups excluding carboxylic acids is 1. The van der Waals surface area contributed by atoms with Crippen LogP contribution in [0.5, 0.6) is 0 Å². The second kappa shape index (κ2) is 6.27. The van der Waals surface area contributed by atoms with E-state index in [2.05, 4.69) is 15.6 Å². The molecular formula is C14H15F2N3O. The van der Waals surface area contributed by atoms with Crippen LogP contribution >= 0.6 is 0 Å². The third kappa shape index (κ3) is 3.20. The third-order valence-electron chi connectivity index (χ3n) is 2.73. The summed E-state index contributed by atoms with van der Waals surface area (Å²) < 4.78 is 24.2. The summed E-state index contributed by atoms with van der Waals surface area (Å²) in [5.41, 5.74) is 1.54. The molecule has 1 heterocycles. The molecule has 0 aliphatic heterocycles. The summed E-state index contributed by atoms with van der Waals surface area (Å²) >= 11 is 0. The van der Waals surface area contributed by atoms with E-state index in [1.807, 2.05) is 25.1 Å². The number of para-hydroxylation sites is 1. The Kier molecular flexibility index (Phi) is 4.45. The number of hydrogen-bond acceptors (Lipinski definition) is 3. The second-order valence-electron chi connectivity index (χ2n) is 4.20. The van der Waals surface area contributed by atoms with Crippen molar-refractivity contribution in [3.05, 3.63) is 36.0 Å². The van der Waals surface area contributed by atoms with Crippen molar-refractivity contribution in [1.82, 2.24) is 10.3 Å². The molecule has 0 fully saturated rings. The number of aromatic nitrogens is 1. The number of carbonyl (C=O) groups is 1. The van der Waals surface area contributed by atoms with Crippen LogP contribution in [0.3, 0.4) is 0 Å². The highest BCUT2D eigenvalue weighted by Crippen LogP contribution is 2.22. The van der Waals surface area contributed by atoms with Gasteiger partial charge in [0.25, 0.3) is 12.3 Å². The number of pyridine rings is 1.